The maximum absolute atomic E-state index is 12.3. The lowest BCUT2D eigenvalue weighted by Crippen LogP contribution is -2.23. The molecule has 3 nitrogen and oxygen atoms in total. The van der Waals surface area contributed by atoms with Crippen LogP contribution in [-0.4, -0.2) is 24.5 Å². The van der Waals surface area contributed by atoms with Crippen LogP contribution in [0.3, 0.4) is 0 Å². The third-order valence-corrected chi connectivity index (χ3v) is 4.55. The van der Waals surface area contributed by atoms with Crippen LogP contribution in [0.25, 0.3) is 6.08 Å². The average molecular weight is 402 g/mol. The molecule has 1 heterocycles. The molecule has 1 aromatic carbocycles. The Bertz CT molecular complexity index is 703. The number of rotatable bonds is 6. The highest BCUT2D eigenvalue weighted by Crippen LogP contribution is 2.24. The molecule has 122 valence electrons. The molecule has 0 saturated carbocycles. The van der Waals surface area contributed by atoms with Gasteiger partial charge in [-0.15, -0.1) is 11.3 Å². The molecule has 0 aliphatic rings. The molecular formula is C16H14BrF2NO2S. The molecule has 0 bridgehead atoms. The highest BCUT2D eigenvalue weighted by atomic mass is 79.9. The van der Waals surface area contributed by atoms with Crippen molar-refractivity contribution in [3.8, 4) is 5.75 Å². The van der Waals surface area contributed by atoms with Gasteiger partial charge >= 0.3 is 6.61 Å². The predicted molar refractivity (Wildman–Crippen MR) is 90.6 cm³/mol. The van der Waals surface area contributed by atoms with E-state index in [9.17, 15) is 13.6 Å². The molecule has 2 rings (SSSR count). The molecule has 7 heteroatoms. The van der Waals surface area contributed by atoms with Gasteiger partial charge in [-0.1, -0.05) is 18.2 Å². The van der Waals surface area contributed by atoms with Gasteiger partial charge in [0, 0.05) is 23.6 Å². The third kappa shape index (κ3) is 5.44. The first kappa shape index (κ1) is 17.6. The van der Waals surface area contributed by atoms with Gasteiger partial charge in [0.1, 0.15) is 5.75 Å². The first-order valence-electron chi connectivity index (χ1n) is 6.67. The number of halogens is 3. The standard InChI is InChI=1S/C16H14BrF2NO2S/c1-20(10-12-7-8-14(17)23-12)15(21)9-6-11-4-2-3-5-13(11)22-16(18)19/h2-9,16H,10H2,1H3/b9-6+. The van der Waals surface area contributed by atoms with Crippen LogP contribution in [0.4, 0.5) is 8.78 Å². The molecule has 0 N–H and O–H groups in total. The van der Waals surface area contributed by atoms with Crippen molar-refractivity contribution in [1.29, 1.82) is 0 Å². The molecule has 1 aromatic heterocycles. The maximum atomic E-state index is 12.3. The minimum Gasteiger partial charge on any atom is -0.434 e. The number of benzene rings is 1. The number of hydrogen-bond acceptors (Lipinski definition) is 3. The Balaban J connectivity index is 2.03. The number of thiophene rings is 1. The van der Waals surface area contributed by atoms with Crippen molar-refractivity contribution in [3.05, 3.63) is 56.7 Å². The fourth-order valence-electron chi connectivity index (χ4n) is 1.86. The van der Waals surface area contributed by atoms with Crippen LogP contribution < -0.4 is 4.74 Å². The molecule has 0 spiro atoms. The van der Waals surface area contributed by atoms with Crippen molar-refractivity contribution in [2.45, 2.75) is 13.2 Å². The minimum atomic E-state index is -2.90. The van der Waals surface area contributed by atoms with Crippen molar-refractivity contribution < 1.29 is 18.3 Å². The molecule has 23 heavy (non-hydrogen) atoms. The van der Waals surface area contributed by atoms with Crippen LogP contribution in [-0.2, 0) is 11.3 Å². The second-order valence-corrected chi connectivity index (χ2v) is 7.20. The largest absolute Gasteiger partial charge is 0.434 e. The van der Waals surface area contributed by atoms with Crippen LogP contribution in [0.15, 0.2) is 46.3 Å². The number of nitrogens with zero attached hydrogens (tertiary/aromatic N) is 1. The monoisotopic (exact) mass is 401 g/mol. The fraction of sp³-hybridized carbons (Fsp3) is 0.188. The van der Waals surface area contributed by atoms with Gasteiger partial charge in [0.05, 0.1) is 10.3 Å². The number of ether oxygens (including phenoxy) is 1. The van der Waals surface area contributed by atoms with E-state index in [1.165, 1.54) is 18.2 Å². The number of carbonyl (C=O) groups excluding carboxylic acids is 1. The molecule has 0 fully saturated rings. The van der Waals surface area contributed by atoms with Gasteiger partial charge < -0.3 is 9.64 Å². The highest BCUT2D eigenvalue weighted by molar-refractivity contribution is 9.11. The van der Waals surface area contributed by atoms with Gasteiger partial charge in [-0.2, -0.15) is 8.78 Å². The van der Waals surface area contributed by atoms with E-state index in [1.807, 2.05) is 12.1 Å². The summed E-state index contributed by atoms with van der Waals surface area (Å²) in [5.74, 6) is -0.183. The Labute approximate surface area is 145 Å². The summed E-state index contributed by atoms with van der Waals surface area (Å²) in [6, 6.07) is 10.2. The van der Waals surface area contributed by atoms with Crippen molar-refractivity contribution in [3.63, 3.8) is 0 Å². The summed E-state index contributed by atoms with van der Waals surface area (Å²) in [4.78, 5) is 14.7. The molecule has 0 aliphatic carbocycles. The number of hydrogen-bond donors (Lipinski definition) is 0. The van der Waals surface area contributed by atoms with Gasteiger partial charge in [0.15, 0.2) is 0 Å². The quantitative estimate of drug-likeness (QED) is 0.651. The van der Waals surface area contributed by atoms with Gasteiger partial charge in [-0.05, 0) is 40.2 Å². The topological polar surface area (TPSA) is 29.5 Å². The van der Waals surface area contributed by atoms with E-state index in [-0.39, 0.29) is 11.7 Å². The summed E-state index contributed by atoms with van der Waals surface area (Å²) in [5, 5.41) is 0. The minimum absolute atomic E-state index is 0.0383. The summed E-state index contributed by atoms with van der Waals surface area (Å²) < 4.78 is 30.1. The zero-order valence-electron chi connectivity index (χ0n) is 12.2. The van der Waals surface area contributed by atoms with Crippen LogP contribution in [0, 0.1) is 0 Å². The first-order valence-corrected chi connectivity index (χ1v) is 8.28. The summed E-state index contributed by atoms with van der Waals surface area (Å²) in [6.07, 6.45) is 2.82. The SMILES string of the molecule is CN(Cc1ccc(Br)s1)C(=O)/C=C/c1ccccc1OC(F)F. The smallest absolute Gasteiger partial charge is 0.387 e. The van der Waals surface area contributed by atoms with E-state index in [0.29, 0.717) is 12.1 Å². The lowest BCUT2D eigenvalue weighted by atomic mass is 10.2. The Kier molecular flexibility index (Phi) is 6.29. The van der Waals surface area contributed by atoms with Crippen molar-refractivity contribution in [2.24, 2.45) is 0 Å². The molecule has 2 aromatic rings. The van der Waals surface area contributed by atoms with Crippen LogP contribution in [0.5, 0.6) is 5.75 Å². The van der Waals surface area contributed by atoms with Crippen molar-refractivity contribution in [2.75, 3.05) is 7.05 Å². The fourth-order valence-corrected chi connectivity index (χ4v) is 3.39. The number of alkyl halides is 2. The van der Waals surface area contributed by atoms with Gasteiger partial charge in [-0.3, -0.25) is 4.79 Å². The van der Waals surface area contributed by atoms with E-state index in [4.69, 9.17) is 0 Å². The van der Waals surface area contributed by atoms with Crippen molar-refractivity contribution in [1.82, 2.24) is 4.90 Å². The van der Waals surface area contributed by atoms with E-state index in [0.717, 1.165) is 8.66 Å². The van der Waals surface area contributed by atoms with Crippen LogP contribution in [0.2, 0.25) is 0 Å². The molecule has 0 radical (unpaired) electrons. The normalized spacial score (nSPS) is 11.2. The molecule has 0 unspecified atom stereocenters. The van der Waals surface area contributed by atoms with Gasteiger partial charge in [-0.25, -0.2) is 0 Å². The van der Waals surface area contributed by atoms with Crippen LogP contribution >= 0.6 is 27.3 Å². The molecule has 0 aliphatic heterocycles. The van der Waals surface area contributed by atoms with E-state index in [1.54, 1.807) is 41.5 Å². The molecule has 0 atom stereocenters. The summed E-state index contributed by atoms with van der Waals surface area (Å²) in [6.45, 7) is -2.42. The lowest BCUT2D eigenvalue weighted by Gasteiger charge is -2.13. The highest BCUT2D eigenvalue weighted by Gasteiger charge is 2.10. The summed E-state index contributed by atoms with van der Waals surface area (Å²) >= 11 is 4.93. The van der Waals surface area contributed by atoms with E-state index in [2.05, 4.69) is 20.7 Å². The second-order valence-electron chi connectivity index (χ2n) is 4.65. The Morgan fingerprint density at radius 2 is 2.09 bits per heavy atom. The molecular weight excluding hydrogens is 388 g/mol. The average Bonchev–Trinajstić information content (AvgIpc) is 2.90. The van der Waals surface area contributed by atoms with Gasteiger partial charge in [0.2, 0.25) is 5.91 Å². The van der Waals surface area contributed by atoms with E-state index >= 15 is 0 Å². The number of para-hydroxylation sites is 1. The van der Waals surface area contributed by atoms with E-state index < -0.39 is 6.61 Å². The molecule has 0 saturated heterocycles. The van der Waals surface area contributed by atoms with Crippen molar-refractivity contribution >= 4 is 39.2 Å². The first-order chi connectivity index (χ1) is 11.0. The Morgan fingerprint density at radius 1 is 1.35 bits per heavy atom. The van der Waals surface area contributed by atoms with Gasteiger partial charge in [0.25, 0.3) is 0 Å². The predicted octanol–water partition coefficient (Wildman–Crippen LogP) is 4.78. The maximum Gasteiger partial charge on any atom is 0.387 e. The number of amides is 1. The number of likely N-dealkylation sites (N-methyl/N-ethyl adjacent to an activating group) is 1. The zero-order valence-corrected chi connectivity index (χ0v) is 14.6. The zero-order chi connectivity index (χ0) is 16.8. The van der Waals surface area contributed by atoms with Crippen LogP contribution in [0.1, 0.15) is 10.4 Å². The molecule has 1 amide bonds. The summed E-state index contributed by atoms with van der Waals surface area (Å²) in [7, 11) is 1.68. The third-order valence-electron chi connectivity index (χ3n) is 2.94. The lowest BCUT2D eigenvalue weighted by molar-refractivity contribution is -0.125. The Hall–Kier alpha value is -1.73. The second kappa shape index (κ2) is 8.21. The summed E-state index contributed by atoms with van der Waals surface area (Å²) in [5.41, 5.74) is 0.424. The number of carbonyl (C=O) groups is 1. The Morgan fingerprint density at radius 3 is 2.74 bits per heavy atom.